The predicted octanol–water partition coefficient (Wildman–Crippen LogP) is -0.532. The standard InChI is InChI=1S/C12H28NO.C7H6O2.ClH/c1-5-8-13(9-6-2,10-7-3)11-12(4)14;8-7(9)6-4-2-1-3-5-6;/h12,14H,5-11H2,1-4H3;1-5H,(H,8,9);1H/q+1;;/p-2. The van der Waals surface area contributed by atoms with E-state index in [2.05, 4.69) is 20.8 Å². The maximum absolute atomic E-state index is 10.1. The van der Waals surface area contributed by atoms with Gasteiger partial charge in [-0.15, -0.1) is 0 Å². The molecule has 1 atom stereocenters. The zero-order valence-corrected chi connectivity index (χ0v) is 16.3. The molecule has 24 heavy (non-hydrogen) atoms. The van der Waals surface area contributed by atoms with E-state index in [4.69, 9.17) is 0 Å². The Morgan fingerprint density at radius 1 is 1.04 bits per heavy atom. The largest absolute Gasteiger partial charge is 1.00 e. The van der Waals surface area contributed by atoms with Crippen molar-refractivity contribution >= 4 is 5.97 Å². The van der Waals surface area contributed by atoms with Gasteiger partial charge in [-0.2, -0.15) is 0 Å². The summed E-state index contributed by atoms with van der Waals surface area (Å²) in [6, 6.07) is 8.06. The molecule has 0 saturated heterocycles. The lowest BCUT2D eigenvalue weighted by molar-refractivity contribution is -0.930. The number of carbonyl (C=O) groups excluding carboxylic acids is 1. The first-order valence-electron chi connectivity index (χ1n) is 8.70. The number of carbonyl (C=O) groups is 1. The molecule has 0 aliphatic heterocycles. The van der Waals surface area contributed by atoms with Crippen molar-refractivity contribution < 1.29 is 31.9 Å². The van der Waals surface area contributed by atoms with Crippen LogP contribution in [0.2, 0.25) is 0 Å². The average molecular weight is 359 g/mol. The number of aliphatic hydroxyl groups is 1. The molecule has 0 radical (unpaired) electrons. The van der Waals surface area contributed by atoms with Gasteiger partial charge in [-0.25, -0.2) is 0 Å². The third-order valence-electron chi connectivity index (χ3n) is 3.75. The topological polar surface area (TPSA) is 60.4 Å². The fourth-order valence-electron chi connectivity index (χ4n) is 3.17. The van der Waals surface area contributed by atoms with Crippen LogP contribution in [-0.2, 0) is 0 Å². The van der Waals surface area contributed by atoms with E-state index in [9.17, 15) is 15.0 Å². The maximum Gasteiger partial charge on any atom is 0.105 e. The van der Waals surface area contributed by atoms with E-state index in [1.54, 1.807) is 18.2 Å². The van der Waals surface area contributed by atoms with Crippen molar-refractivity contribution in [1.82, 2.24) is 0 Å². The van der Waals surface area contributed by atoms with Crippen LogP contribution >= 0.6 is 0 Å². The van der Waals surface area contributed by atoms with Crippen LogP contribution in [0.1, 0.15) is 57.3 Å². The van der Waals surface area contributed by atoms with E-state index < -0.39 is 5.97 Å². The van der Waals surface area contributed by atoms with Crippen molar-refractivity contribution in [2.45, 2.75) is 53.1 Å². The van der Waals surface area contributed by atoms with Crippen molar-refractivity contribution in [2.75, 3.05) is 26.2 Å². The first-order chi connectivity index (χ1) is 10.9. The fourth-order valence-corrected chi connectivity index (χ4v) is 3.17. The molecule has 1 aromatic carbocycles. The molecule has 0 fully saturated rings. The van der Waals surface area contributed by atoms with Gasteiger partial charge in [0.15, 0.2) is 0 Å². The molecule has 5 heteroatoms. The van der Waals surface area contributed by atoms with Crippen molar-refractivity contribution in [3.05, 3.63) is 35.9 Å². The summed E-state index contributed by atoms with van der Waals surface area (Å²) in [6.45, 7) is 13.2. The third-order valence-corrected chi connectivity index (χ3v) is 3.75. The van der Waals surface area contributed by atoms with Crippen LogP contribution in [0.3, 0.4) is 0 Å². The Kier molecular flexibility index (Phi) is 14.9. The molecule has 0 bridgehead atoms. The zero-order chi connectivity index (χ0) is 17.7. The van der Waals surface area contributed by atoms with Gasteiger partial charge < -0.3 is 31.9 Å². The number of carboxylic acids is 1. The Morgan fingerprint density at radius 3 is 1.71 bits per heavy atom. The maximum atomic E-state index is 10.1. The normalized spacial score (nSPS) is 11.7. The average Bonchev–Trinajstić information content (AvgIpc) is 2.49. The number of aliphatic hydroxyl groups excluding tert-OH is 1. The molecule has 1 N–H and O–H groups in total. The number of rotatable bonds is 9. The molecule has 0 spiro atoms. The molecule has 0 aromatic heterocycles. The lowest BCUT2D eigenvalue weighted by Gasteiger charge is -2.39. The monoisotopic (exact) mass is 358 g/mol. The summed E-state index contributed by atoms with van der Waals surface area (Å²) in [7, 11) is 0. The molecular weight excluding hydrogens is 326 g/mol. The Hall–Kier alpha value is -1.10. The van der Waals surface area contributed by atoms with E-state index in [-0.39, 0.29) is 24.1 Å². The van der Waals surface area contributed by atoms with E-state index in [0.717, 1.165) is 11.0 Å². The Labute approximate surface area is 153 Å². The van der Waals surface area contributed by atoms with Gasteiger partial charge in [-0.1, -0.05) is 51.1 Å². The number of aromatic carboxylic acids is 1. The highest BCUT2D eigenvalue weighted by Crippen LogP contribution is 2.12. The predicted molar refractivity (Wildman–Crippen MR) is 93.1 cm³/mol. The number of hydrogen-bond acceptors (Lipinski definition) is 3. The minimum absolute atomic E-state index is 0. The second kappa shape index (κ2) is 14.3. The van der Waals surface area contributed by atoms with Crippen molar-refractivity contribution in [3.63, 3.8) is 0 Å². The van der Waals surface area contributed by atoms with Crippen LogP contribution in [0, 0.1) is 0 Å². The SMILES string of the molecule is CCC[N+](CCC)(CCC)CC(C)O.O=C([O-])c1ccccc1.[Cl-]. The lowest BCUT2D eigenvalue weighted by Crippen LogP contribution is -3.00. The fraction of sp³-hybridized carbons (Fsp3) is 0.632. The van der Waals surface area contributed by atoms with Gasteiger partial charge in [0.05, 0.1) is 25.6 Å². The molecule has 140 valence electrons. The number of benzene rings is 1. The first-order valence-corrected chi connectivity index (χ1v) is 8.70. The highest BCUT2D eigenvalue weighted by atomic mass is 35.5. The zero-order valence-electron chi connectivity index (χ0n) is 15.5. The molecule has 1 aromatic rings. The second-order valence-electron chi connectivity index (χ2n) is 6.20. The Morgan fingerprint density at radius 2 is 1.46 bits per heavy atom. The quantitative estimate of drug-likeness (QED) is 0.604. The van der Waals surface area contributed by atoms with Gasteiger partial charge in [0.1, 0.15) is 12.6 Å². The number of nitrogens with zero attached hydrogens (tertiary/aromatic N) is 1. The minimum Gasteiger partial charge on any atom is -1.00 e. The van der Waals surface area contributed by atoms with Crippen LogP contribution in [0.25, 0.3) is 0 Å². The summed E-state index contributed by atoms with van der Waals surface area (Å²) in [6.07, 6.45) is 3.48. The van der Waals surface area contributed by atoms with E-state index in [1.165, 1.54) is 51.0 Å². The molecule has 0 amide bonds. The van der Waals surface area contributed by atoms with Gasteiger partial charge >= 0.3 is 0 Å². The molecule has 0 saturated carbocycles. The molecular formula is C19H33ClNO3-. The summed E-state index contributed by atoms with van der Waals surface area (Å²) >= 11 is 0. The Balaban J connectivity index is 0. The van der Waals surface area contributed by atoms with Gasteiger partial charge in [0.2, 0.25) is 0 Å². The molecule has 1 rings (SSSR count). The van der Waals surface area contributed by atoms with Gasteiger partial charge in [-0.05, 0) is 31.7 Å². The van der Waals surface area contributed by atoms with Gasteiger partial charge in [0.25, 0.3) is 0 Å². The van der Waals surface area contributed by atoms with Crippen LogP contribution < -0.4 is 17.5 Å². The minimum atomic E-state index is -1.13. The second-order valence-corrected chi connectivity index (χ2v) is 6.20. The summed E-state index contributed by atoms with van der Waals surface area (Å²) in [4.78, 5) is 10.1. The third kappa shape index (κ3) is 10.6. The molecule has 0 heterocycles. The molecule has 1 unspecified atom stereocenters. The summed E-state index contributed by atoms with van der Waals surface area (Å²) in [5.74, 6) is -1.13. The van der Waals surface area contributed by atoms with E-state index in [0.29, 0.717) is 0 Å². The number of hydrogen-bond donors (Lipinski definition) is 1. The van der Waals surface area contributed by atoms with Gasteiger partial charge in [-0.3, -0.25) is 0 Å². The smallest absolute Gasteiger partial charge is 0.105 e. The highest BCUT2D eigenvalue weighted by molar-refractivity contribution is 5.85. The highest BCUT2D eigenvalue weighted by Gasteiger charge is 2.26. The summed E-state index contributed by atoms with van der Waals surface area (Å²) in [5.41, 5.74) is 0.220. The number of quaternary nitrogens is 1. The van der Waals surface area contributed by atoms with Crippen LogP contribution in [0.15, 0.2) is 30.3 Å². The van der Waals surface area contributed by atoms with Gasteiger partial charge in [0, 0.05) is 0 Å². The molecule has 0 aliphatic carbocycles. The number of carboxylic acid groups (broad SMARTS) is 1. The lowest BCUT2D eigenvalue weighted by atomic mass is 10.2. The Bertz CT molecular complexity index is 407. The van der Waals surface area contributed by atoms with E-state index in [1.807, 2.05) is 6.92 Å². The van der Waals surface area contributed by atoms with Crippen LogP contribution in [-0.4, -0.2) is 47.8 Å². The van der Waals surface area contributed by atoms with Crippen LogP contribution in [0.5, 0.6) is 0 Å². The molecule has 0 aliphatic rings. The van der Waals surface area contributed by atoms with Crippen LogP contribution in [0.4, 0.5) is 0 Å². The van der Waals surface area contributed by atoms with E-state index >= 15 is 0 Å². The first kappa shape index (κ1) is 25.1. The number of halogens is 1. The van der Waals surface area contributed by atoms with Crippen molar-refractivity contribution in [2.24, 2.45) is 0 Å². The van der Waals surface area contributed by atoms with Crippen molar-refractivity contribution in [1.29, 1.82) is 0 Å². The molecule has 4 nitrogen and oxygen atoms in total. The summed E-state index contributed by atoms with van der Waals surface area (Å²) < 4.78 is 1.11. The van der Waals surface area contributed by atoms with Crippen molar-refractivity contribution in [3.8, 4) is 0 Å². The summed E-state index contributed by atoms with van der Waals surface area (Å²) in [5, 5.41) is 19.6.